The van der Waals surface area contributed by atoms with Gasteiger partial charge in [-0.1, -0.05) is 17.3 Å². The lowest BCUT2D eigenvalue weighted by molar-refractivity contribution is -0.141. The van der Waals surface area contributed by atoms with Crippen molar-refractivity contribution < 1.29 is 22.5 Å². The third-order valence-electron chi connectivity index (χ3n) is 4.88. The molecule has 10 heteroatoms. The lowest BCUT2D eigenvalue weighted by Crippen LogP contribution is -2.44. The summed E-state index contributed by atoms with van der Waals surface area (Å²) in [6.07, 6.45) is -2.02. The Balaban J connectivity index is 1.31. The van der Waals surface area contributed by atoms with Crippen LogP contribution in [0.5, 0.6) is 0 Å². The lowest BCUT2D eigenvalue weighted by atomic mass is 10.1. The largest absolute Gasteiger partial charge is 0.435 e. The van der Waals surface area contributed by atoms with Crippen molar-refractivity contribution >= 4 is 17.0 Å². The molecule has 2 aromatic heterocycles. The third-order valence-corrected chi connectivity index (χ3v) is 4.88. The van der Waals surface area contributed by atoms with Gasteiger partial charge in [-0.05, 0) is 31.0 Å². The van der Waals surface area contributed by atoms with Gasteiger partial charge in [0.05, 0.1) is 12.6 Å². The number of likely N-dealkylation sites (tertiary alicyclic amines) is 1. The average Bonchev–Trinajstić information content (AvgIpc) is 3.34. The number of para-hydroxylation sites is 1. The van der Waals surface area contributed by atoms with E-state index in [1.165, 1.54) is 10.9 Å². The molecule has 0 radical (unpaired) electrons. The van der Waals surface area contributed by atoms with Gasteiger partial charge in [0.25, 0.3) is 0 Å². The molecule has 148 valence electrons. The maximum atomic E-state index is 12.7. The van der Waals surface area contributed by atoms with E-state index in [0.717, 1.165) is 11.5 Å². The number of carbonyl (C=O) groups excluding carboxylic acids is 1. The first-order valence-electron chi connectivity index (χ1n) is 8.90. The van der Waals surface area contributed by atoms with Crippen molar-refractivity contribution in [1.82, 2.24) is 25.2 Å². The van der Waals surface area contributed by atoms with Gasteiger partial charge in [0.2, 0.25) is 0 Å². The molecule has 0 aliphatic carbocycles. The Bertz CT molecular complexity index is 973. The Hall–Kier alpha value is -3.04. The summed E-state index contributed by atoms with van der Waals surface area (Å²) >= 11 is 0. The molecule has 3 heterocycles. The maximum Gasteiger partial charge on any atom is 0.435 e. The highest BCUT2D eigenvalue weighted by molar-refractivity contribution is 5.80. The van der Waals surface area contributed by atoms with Gasteiger partial charge in [-0.3, -0.25) is 4.68 Å². The second-order valence-electron chi connectivity index (χ2n) is 6.68. The quantitative estimate of drug-likeness (QED) is 0.738. The van der Waals surface area contributed by atoms with E-state index in [2.05, 4.69) is 15.6 Å². The van der Waals surface area contributed by atoms with Gasteiger partial charge in [-0.25, -0.2) is 4.79 Å². The summed E-state index contributed by atoms with van der Waals surface area (Å²) in [4.78, 5) is 14.0. The molecular formula is C18H18F3N5O2. The number of hydrogen-bond donors (Lipinski definition) is 1. The van der Waals surface area contributed by atoms with E-state index in [9.17, 15) is 18.0 Å². The number of fused-ring (bicyclic) bond motifs is 1. The molecule has 0 unspecified atom stereocenters. The van der Waals surface area contributed by atoms with Crippen molar-refractivity contribution in [3.05, 3.63) is 47.9 Å². The summed E-state index contributed by atoms with van der Waals surface area (Å²) in [7, 11) is 0. The highest BCUT2D eigenvalue weighted by Gasteiger charge is 2.34. The Labute approximate surface area is 158 Å². The van der Waals surface area contributed by atoms with E-state index in [1.54, 1.807) is 11.0 Å². The molecule has 0 atom stereocenters. The number of benzene rings is 1. The smallest absolute Gasteiger partial charge is 0.356 e. The van der Waals surface area contributed by atoms with Crippen molar-refractivity contribution in [2.45, 2.75) is 31.6 Å². The molecule has 4 rings (SSSR count). The number of carbonyl (C=O) groups is 1. The number of nitrogens with one attached hydrogen (secondary N) is 1. The van der Waals surface area contributed by atoms with Crippen LogP contribution in [-0.2, 0) is 12.7 Å². The van der Waals surface area contributed by atoms with Gasteiger partial charge in [0.15, 0.2) is 11.3 Å². The van der Waals surface area contributed by atoms with E-state index in [1.807, 2.05) is 18.2 Å². The number of halogens is 3. The molecule has 1 saturated heterocycles. The van der Waals surface area contributed by atoms with Crippen LogP contribution in [0.25, 0.3) is 11.0 Å². The standard InChI is InChI=1S/C18H18F3N5O2/c19-18(20,21)16-7-10-26(23-16)12-5-8-25(9-6-12)17(27)22-11-14-13-3-1-2-4-15(13)28-24-14/h1-4,7,10,12H,5-6,8-9,11H2,(H,22,27). The monoisotopic (exact) mass is 393 g/mol. The molecule has 3 aromatic rings. The average molecular weight is 393 g/mol. The van der Waals surface area contributed by atoms with Crippen LogP contribution >= 0.6 is 0 Å². The Morgan fingerprint density at radius 1 is 1.21 bits per heavy atom. The predicted molar refractivity (Wildman–Crippen MR) is 93.3 cm³/mol. The van der Waals surface area contributed by atoms with Crippen LogP contribution in [0.4, 0.5) is 18.0 Å². The molecule has 1 aromatic carbocycles. The zero-order valence-corrected chi connectivity index (χ0v) is 14.8. The van der Waals surface area contributed by atoms with Crippen molar-refractivity contribution in [2.75, 3.05) is 13.1 Å². The van der Waals surface area contributed by atoms with Crippen LogP contribution in [0.1, 0.15) is 30.3 Å². The summed E-state index contributed by atoms with van der Waals surface area (Å²) in [5, 5.41) is 11.3. The molecular weight excluding hydrogens is 375 g/mol. The van der Waals surface area contributed by atoms with Crippen LogP contribution in [0, 0.1) is 0 Å². The first-order chi connectivity index (χ1) is 13.4. The fourth-order valence-corrected chi connectivity index (χ4v) is 3.36. The minimum atomic E-state index is -4.45. The summed E-state index contributed by atoms with van der Waals surface area (Å²) in [5.74, 6) is 0. The minimum absolute atomic E-state index is 0.153. The molecule has 1 aliphatic heterocycles. The van der Waals surface area contributed by atoms with Crippen LogP contribution < -0.4 is 5.32 Å². The van der Waals surface area contributed by atoms with Gasteiger partial charge < -0.3 is 14.7 Å². The molecule has 7 nitrogen and oxygen atoms in total. The van der Waals surface area contributed by atoms with Gasteiger partial charge >= 0.3 is 12.2 Å². The van der Waals surface area contributed by atoms with Crippen LogP contribution in [0.15, 0.2) is 41.1 Å². The summed E-state index contributed by atoms with van der Waals surface area (Å²) in [6.45, 7) is 1.12. The minimum Gasteiger partial charge on any atom is -0.356 e. The fourth-order valence-electron chi connectivity index (χ4n) is 3.36. The normalized spacial score (nSPS) is 15.9. The van der Waals surface area contributed by atoms with Crippen molar-refractivity contribution in [3.63, 3.8) is 0 Å². The van der Waals surface area contributed by atoms with Crippen molar-refractivity contribution in [1.29, 1.82) is 0 Å². The highest BCUT2D eigenvalue weighted by Crippen LogP contribution is 2.29. The van der Waals surface area contributed by atoms with Gasteiger partial charge in [0, 0.05) is 24.7 Å². The fraction of sp³-hybridized carbons (Fsp3) is 0.389. The molecule has 0 spiro atoms. The van der Waals surface area contributed by atoms with E-state index < -0.39 is 11.9 Å². The molecule has 1 aliphatic rings. The number of aromatic nitrogens is 3. The highest BCUT2D eigenvalue weighted by atomic mass is 19.4. The predicted octanol–water partition coefficient (Wildman–Crippen LogP) is 3.59. The molecule has 0 bridgehead atoms. The topological polar surface area (TPSA) is 76.2 Å². The zero-order valence-electron chi connectivity index (χ0n) is 14.8. The van der Waals surface area contributed by atoms with E-state index in [-0.39, 0.29) is 18.6 Å². The molecule has 0 saturated carbocycles. The number of urea groups is 1. The maximum absolute atomic E-state index is 12.7. The second-order valence-corrected chi connectivity index (χ2v) is 6.68. The van der Waals surface area contributed by atoms with Gasteiger partial charge in [-0.2, -0.15) is 18.3 Å². The third kappa shape index (κ3) is 3.67. The van der Waals surface area contributed by atoms with Gasteiger partial charge in [-0.15, -0.1) is 0 Å². The first kappa shape index (κ1) is 18.3. The van der Waals surface area contributed by atoms with Crippen molar-refractivity contribution in [2.24, 2.45) is 0 Å². The first-order valence-corrected chi connectivity index (χ1v) is 8.90. The SMILES string of the molecule is O=C(NCc1noc2ccccc12)N1CCC(n2ccc(C(F)(F)F)n2)CC1. The molecule has 28 heavy (non-hydrogen) atoms. The summed E-state index contributed by atoms with van der Waals surface area (Å²) in [6, 6.07) is 7.98. The Morgan fingerprint density at radius 2 is 1.96 bits per heavy atom. The molecule has 2 amide bonds. The van der Waals surface area contributed by atoms with Crippen LogP contribution in [0.2, 0.25) is 0 Å². The van der Waals surface area contributed by atoms with E-state index >= 15 is 0 Å². The second kappa shape index (κ2) is 7.17. The number of hydrogen-bond acceptors (Lipinski definition) is 4. The van der Waals surface area contributed by atoms with E-state index in [4.69, 9.17) is 4.52 Å². The Morgan fingerprint density at radius 3 is 2.68 bits per heavy atom. The van der Waals surface area contributed by atoms with Crippen LogP contribution in [0.3, 0.4) is 0 Å². The van der Waals surface area contributed by atoms with E-state index in [0.29, 0.717) is 37.2 Å². The summed E-state index contributed by atoms with van der Waals surface area (Å²) in [5.41, 5.74) is 0.410. The molecule has 1 N–H and O–H groups in total. The zero-order chi connectivity index (χ0) is 19.7. The number of amides is 2. The number of rotatable bonds is 3. The number of piperidine rings is 1. The summed E-state index contributed by atoms with van der Waals surface area (Å²) < 4.78 is 44.6. The van der Waals surface area contributed by atoms with Crippen LogP contribution in [-0.4, -0.2) is 39.0 Å². The van der Waals surface area contributed by atoms with Crippen molar-refractivity contribution in [3.8, 4) is 0 Å². The number of nitrogens with zero attached hydrogens (tertiary/aromatic N) is 4. The molecule has 1 fully saturated rings. The lowest BCUT2D eigenvalue weighted by Gasteiger charge is -2.32. The number of alkyl halides is 3. The van der Waals surface area contributed by atoms with Gasteiger partial charge in [0.1, 0.15) is 5.69 Å². The Kier molecular flexibility index (Phi) is 4.70.